The van der Waals surface area contributed by atoms with Crippen LogP contribution < -0.4 is 5.32 Å². The minimum absolute atomic E-state index is 0.199. The molecule has 24 heavy (non-hydrogen) atoms. The molecular formula is C19H21FN2O2. The van der Waals surface area contributed by atoms with Gasteiger partial charge < -0.3 is 15.0 Å². The van der Waals surface area contributed by atoms with Crippen molar-refractivity contribution in [1.82, 2.24) is 10.2 Å². The van der Waals surface area contributed by atoms with Crippen LogP contribution in [0.5, 0.6) is 0 Å². The van der Waals surface area contributed by atoms with Gasteiger partial charge in [-0.25, -0.2) is 9.18 Å². The second-order valence-electron chi connectivity index (χ2n) is 5.79. The highest BCUT2D eigenvalue weighted by Crippen LogP contribution is 2.36. The molecule has 0 aromatic heterocycles. The van der Waals surface area contributed by atoms with E-state index in [4.69, 9.17) is 4.74 Å². The number of fused-ring (bicyclic) bond motifs is 1. The summed E-state index contributed by atoms with van der Waals surface area (Å²) >= 11 is 0. The third kappa shape index (κ3) is 3.26. The van der Waals surface area contributed by atoms with E-state index in [-0.39, 0.29) is 11.8 Å². The van der Waals surface area contributed by atoms with Gasteiger partial charge in [0, 0.05) is 25.8 Å². The number of hydrogen-bond acceptors (Lipinski definition) is 2. The maximum Gasteiger partial charge on any atom is 0.318 e. The van der Waals surface area contributed by atoms with E-state index in [9.17, 15) is 9.18 Å². The number of carbonyl (C=O) groups excluding carboxylic acids is 1. The Balaban J connectivity index is 1.97. The van der Waals surface area contributed by atoms with Gasteiger partial charge in [0.1, 0.15) is 5.82 Å². The maximum atomic E-state index is 14.4. The summed E-state index contributed by atoms with van der Waals surface area (Å²) in [6, 6.07) is 14.0. The molecule has 2 aromatic rings. The molecule has 0 fully saturated rings. The quantitative estimate of drug-likeness (QED) is 0.876. The van der Waals surface area contributed by atoms with Crippen molar-refractivity contribution < 1.29 is 13.9 Å². The highest BCUT2D eigenvalue weighted by Gasteiger charge is 2.33. The zero-order valence-electron chi connectivity index (χ0n) is 13.7. The van der Waals surface area contributed by atoms with E-state index in [0.29, 0.717) is 25.3 Å². The molecule has 1 aliphatic rings. The first kappa shape index (κ1) is 16.5. The van der Waals surface area contributed by atoms with Crippen molar-refractivity contribution in [3.05, 3.63) is 71.0 Å². The van der Waals surface area contributed by atoms with E-state index in [1.807, 2.05) is 24.3 Å². The molecule has 0 radical (unpaired) electrons. The first-order chi connectivity index (χ1) is 11.7. The molecule has 1 unspecified atom stereocenters. The Morgan fingerprint density at radius 3 is 2.67 bits per heavy atom. The van der Waals surface area contributed by atoms with Crippen LogP contribution in [0, 0.1) is 5.82 Å². The summed E-state index contributed by atoms with van der Waals surface area (Å²) in [5.74, 6) is -0.297. The summed E-state index contributed by atoms with van der Waals surface area (Å²) < 4.78 is 19.4. The molecule has 1 aliphatic heterocycles. The lowest BCUT2D eigenvalue weighted by atomic mass is 9.88. The van der Waals surface area contributed by atoms with Crippen molar-refractivity contribution in [3.63, 3.8) is 0 Å². The Hall–Kier alpha value is -2.40. The van der Waals surface area contributed by atoms with Crippen LogP contribution in [0.4, 0.5) is 9.18 Å². The Morgan fingerprint density at radius 2 is 1.92 bits per heavy atom. The fourth-order valence-electron chi connectivity index (χ4n) is 3.18. The van der Waals surface area contributed by atoms with Gasteiger partial charge in [0.05, 0.1) is 12.6 Å². The van der Waals surface area contributed by atoms with Crippen molar-refractivity contribution >= 4 is 6.03 Å². The van der Waals surface area contributed by atoms with E-state index < -0.39 is 6.04 Å². The molecule has 0 bridgehead atoms. The normalized spacial score (nSPS) is 16.6. The predicted octanol–water partition coefficient (Wildman–Crippen LogP) is 3.13. The van der Waals surface area contributed by atoms with Gasteiger partial charge in [-0.3, -0.25) is 0 Å². The van der Waals surface area contributed by atoms with Crippen LogP contribution in [0.2, 0.25) is 0 Å². The SMILES string of the molecule is COCCNC(=O)N1CCc2ccccc2C1c1ccccc1F. The summed E-state index contributed by atoms with van der Waals surface area (Å²) in [4.78, 5) is 14.3. The van der Waals surface area contributed by atoms with Gasteiger partial charge in [-0.05, 0) is 23.6 Å². The number of carbonyl (C=O) groups is 1. The van der Waals surface area contributed by atoms with Gasteiger partial charge >= 0.3 is 6.03 Å². The Kier molecular flexibility index (Phi) is 5.11. The molecule has 2 aromatic carbocycles. The molecule has 0 aliphatic carbocycles. The standard InChI is InChI=1S/C19H21FN2O2/c1-24-13-11-21-19(23)22-12-10-14-6-2-3-7-15(14)18(22)16-8-4-5-9-17(16)20/h2-9,18H,10-13H2,1H3,(H,21,23). The van der Waals surface area contributed by atoms with Crippen molar-refractivity contribution in [3.8, 4) is 0 Å². The van der Waals surface area contributed by atoms with Gasteiger partial charge in [0.25, 0.3) is 0 Å². The number of halogens is 1. The van der Waals surface area contributed by atoms with E-state index in [2.05, 4.69) is 5.32 Å². The topological polar surface area (TPSA) is 41.6 Å². The van der Waals surface area contributed by atoms with Crippen LogP contribution in [0.1, 0.15) is 22.7 Å². The molecule has 0 saturated carbocycles. The number of nitrogens with zero attached hydrogens (tertiary/aromatic N) is 1. The van der Waals surface area contributed by atoms with Crippen molar-refractivity contribution in [2.75, 3.05) is 26.8 Å². The van der Waals surface area contributed by atoms with Crippen LogP contribution in [0.15, 0.2) is 48.5 Å². The highest BCUT2D eigenvalue weighted by molar-refractivity contribution is 5.76. The molecule has 0 saturated heterocycles. The number of nitrogens with one attached hydrogen (secondary N) is 1. The zero-order chi connectivity index (χ0) is 16.9. The summed E-state index contributed by atoms with van der Waals surface area (Å²) in [5.41, 5.74) is 2.66. The average molecular weight is 328 g/mol. The van der Waals surface area contributed by atoms with Crippen molar-refractivity contribution in [2.45, 2.75) is 12.5 Å². The number of rotatable bonds is 4. The molecule has 1 atom stereocenters. The van der Waals surface area contributed by atoms with Gasteiger partial charge in [-0.2, -0.15) is 0 Å². The van der Waals surface area contributed by atoms with Crippen molar-refractivity contribution in [2.24, 2.45) is 0 Å². The summed E-state index contributed by atoms with van der Waals surface area (Å²) in [6.45, 7) is 1.42. The highest BCUT2D eigenvalue weighted by atomic mass is 19.1. The van der Waals surface area contributed by atoms with Gasteiger partial charge in [0.15, 0.2) is 0 Å². The lowest BCUT2D eigenvalue weighted by Crippen LogP contribution is -2.47. The minimum atomic E-state index is -0.418. The molecule has 1 N–H and O–H groups in total. The summed E-state index contributed by atoms with van der Waals surface area (Å²) in [5, 5.41) is 2.84. The minimum Gasteiger partial charge on any atom is -0.383 e. The van der Waals surface area contributed by atoms with Crippen LogP contribution >= 0.6 is 0 Å². The lowest BCUT2D eigenvalue weighted by molar-refractivity contribution is 0.167. The summed E-state index contributed by atoms with van der Waals surface area (Å²) in [6.07, 6.45) is 0.763. The first-order valence-electron chi connectivity index (χ1n) is 8.08. The average Bonchev–Trinajstić information content (AvgIpc) is 2.61. The van der Waals surface area contributed by atoms with Crippen LogP contribution in [-0.4, -0.2) is 37.7 Å². The number of amides is 2. The van der Waals surface area contributed by atoms with E-state index >= 15 is 0 Å². The third-order valence-electron chi connectivity index (χ3n) is 4.33. The molecule has 3 rings (SSSR count). The zero-order valence-corrected chi connectivity index (χ0v) is 13.7. The van der Waals surface area contributed by atoms with Gasteiger partial charge in [-0.15, -0.1) is 0 Å². The van der Waals surface area contributed by atoms with Gasteiger partial charge in [0.2, 0.25) is 0 Å². The Morgan fingerprint density at radius 1 is 1.21 bits per heavy atom. The van der Waals surface area contributed by atoms with Gasteiger partial charge in [-0.1, -0.05) is 42.5 Å². The molecule has 1 heterocycles. The molecule has 0 spiro atoms. The fourth-order valence-corrected chi connectivity index (χ4v) is 3.18. The smallest absolute Gasteiger partial charge is 0.318 e. The molecule has 4 nitrogen and oxygen atoms in total. The predicted molar refractivity (Wildman–Crippen MR) is 90.4 cm³/mol. The summed E-state index contributed by atoms with van der Waals surface area (Å²) in [7, 11) is 1.59. The van der Waals surface area contributed by atoms with Crippen LogP contribution in [0.25, 0.3) is 0 Å². The lowest BCUT2D eigenvalue weighted by Gasteiger charge is -2.37. The molecule has 126 valence electrons. The van der Waals surface area contributed by atoms with Crippen LogP contribution in [-0.2, 0) is 11.2 Å². The van der Waals surface area contributed by atoms with E-state index in [0.717, 1.165) is 17.5 Å². The van der Waals surface area contributed by atoms with E-state index in [1.54, 1.807) is 30.2 Å². The number of urea groups is 1. The maximum absolute atomic E-state index is 14.4. The second kappa shape index (κ2) is 7.45. The van der Waals surface area contributed by atoms with Crippen LogP contribution in [0.3, 0.4) is 0 Å². The fraction of sp³-hybridized carbons (Fsp3) is 0.316. The molecule has 2 amide bonds. The second-order valence-corrected chi connectivity index (χ2v) is 5.79. The number of ether oxygens (including phenoxy) is 1. The number of benzene rings is 2. The van der Waals surface area contributed by atoms with E-state index in [1.165, 1.54) is 6.07 Å². The Bertz CT molecular complexity index is 720. The Labute approximate surface area is 141 Å². The molecule has 5 heteroatoms. The monoisotopic (exact) mass is 328 g/mol. The molecular weight excluding hydrogens is 307 g/mol. The largest absolute Gasteiger partial charge is 0.383 e. The first-order valence-corrected chi connectivity index (χ1v) is 8.08. The third-order valence-corrected chi connectivity index (χ3v) is 4.33. The number of hydrogen-bond donors (Lipinski definition) is 1. The number of methoxy groups -OCH3 is 1. The van der Waals surface area contributed by atoms with Crippen molar-refractivity contribution in [1.29, 1.82) is 0 Å².